The van der Waals surface area contributed by atoms with E-state index in [1.807, 2.05) is 30.3 Å². The van der Waals surface area contributed by atoms with E-state index in [4.69, 9.17) is 10.2 Å². The fourth-order valence-electron chi connectivity index (χ4n) is 1.89. The van der Waals surface area contributed by atoms with Gasteiger partial charge in [0, 0.05) is 25.6 Å². The Morgan fingerprint density at radius 3 is 2.52 bits per heavy atom. The molecule has 1 rings (SSSR count). The number of benzene rings is 1. The van der Waals surface area contributed by atoms with Crippen LogP contribution in [0.15, 0.2) is 30.3 Å². The Labute approximate surface area is 124 Å². The highest BCUT2D eigenvalue weighted by Crippen LogP contribution is 2.05. The number of amides is 2. The molecule has 6 nitrogen and oxygen atoms in total. The molecule has 0 aliphatic carbocycles. The van der Waals surface area contributed by atoms with E-state index < -0.39 is 5.97 Å². The smallest absolute Gasteiger partial charge is 0.317 e. The molecule has 1 atom stereocenters. The van der Waals surface area contributed by atoms with Crippen LogP contribution in [0.3, 0.4) is 0 Å². The number of aliphatic hydroxyl groups is 1. The normalized spacial score (nSPS) is 11.7. The Bertz CT molecular complexity index is 450. The van der Waals surface area contributed by atoms with Crippen LogP contribution >= 0.6 is 0 Å². The van der Waals surface area contributed by atoms with Crippen molar-refractivity contribution in [3.63, 3.8) is 0 Å². The summed E-state index contributed by atoms with van der Waals surface area (Å²) in [6.45, 7) is 2.27. The SMILES string of the molecule is CC(CCC(=O)O)NC(=O)N(CCO)Cc1ccccc1. The summed E-state index contributed by atoms with van der Waals surface area (Å²) in [6, 6.07) is 8.96. The van der Waals surface area contributed by atoms with Gasteiger partial charge in [-0.15, -0.1) is 0 Å². The fourth-order valence-corrected chi connectivity index (χ4v) is 1.89. The minimum atomic E-state index is -0.882. The van der Waals surface area contributed by atoms with Gasteiger partial charge in [-0.2, -0.15) is 0 Å². The molecule has 0 saturated heterocycles. The van der Waals surface area contributed by atoms with Gasteiger partial charge in [0.05, 0.1) is 6.61 Å². The van der Waals surface area contributed by atoms with Crippen molar-refractivity contribution in [3.05, 3.63) is 35.9 Å². The van der Waals surface area contributed by atoms with E-state index >= 15 is 0 Å². The van der Waals surface area contributed by atoms with Crippen LogP contribution in [0.5, 0.6) is 0 Å². The van der Waals surface area contributed by atoms with Gasteiger partial charge in [0.1, 0.15) is 0 Å². The molecule has 3 N–H and O–H groups in total. The van der Waals surface area contributed by atoms with E-state index in [2.05, 4.69) is 5.32 Å². The average molecular weight is 294 g/mol. The van der Waals surface area contributed by atoms with Crippen molar-refractivity contribution >= 4 is 12.0 Å². The van der Waals surface area contributed by atoms with Crippen molar-refractivity contribution < 1.29 is 19.8 Å². The summed E-state index contributed by atoms with van der Waals surface area (Å²) in [5.74, 6) is -0.882. The molecule has 0 saturated carbocycles. The number of hydrogen-bond acceptors (Lipinski definition) is 3. The van der Waals surface area contributed by atoms with Crippen LogP contribution in [0, 0.1) is 0 Å². The summed E-state index contributed by atoms with van der Waals surface area (Å²) in [6.07, 6.45) is 0.388. The number of aliphatic carboxylic acids is 1. The van der Waals surface area contributed by atoms with Gasteiger partial charge >= 0.3 is 12.0 Å². The summed E-state index contributed by atoms with van der Waals surface area (Å²) < 4.78 is 0. The van der Waals surface area contributed by atoms with Gasteiger partial charge < -0.3 is 20.4 Å². The van der Waals surface area contributed by atoms with Gasteiger partial charge in [-0.05, 0) is 18.9 Å². The van der Waals surface area contributed by atoms with Gasteiger partial charge in [0.15, 0.2) is 0 Å². The first-order chi connectivity index (χ1) is 10.0. The van der Waals surface area contributed by atoms with Gasteiger partial charge in [-0.1, -0.05) is 30.3 Å². The molecule has 0 aromatic heterocycles. The first-order valence-electron chi connectivity index (χ1n) is 6.95. The quantitative estimate of drug-likeness (QED) is 0.677. The lowest BCUT2D eigenvalue weighted by molar-refractivity contribution is -0.137. The molecule has 1 unspecified atom stereocenters. The Morgan fingerprint density at radius 1 is 1.29 bits per heavy atom. The van der Waals surface area contributed by atoms with E-state index in [1.54, 1.807) is 6.92 Å². The predicted octanol–water partition coefficient (Wildman–Crippen LogP) is 1.44. The predicted molar refractivity (Wildman–Crippen MR) is 78.8 cm³/mol. The molecule has 0 spiro atoms. The fraction of sp³-hybridized carbons (Fsp3) is 0.467. The molecule has 0 heterocycles. The Balaban J connectivity index is 2.54. The average Bonchev–Trinajstić information content (AvgIpc) is 2.45. The minimum absolute atomic E-state index is 0.0140. The van der Waals surface area contributed by atoms with Gasteiger partial charge in [0.25, 0.3) is 0 Å². The molecule has 6 heteroatoms. The Morgan fingerprint density at radius 2 is 1.95 bits per heavy atom. The Hall–Kier alpha value is -2.08. The first-order valence-corrected chi connectivity index (χ1v) is 6.95. The third-order valence-electron chi connectivity index (χ3n) is 3.03. The van der Waals surface area contributed by atoms with Gasteiger partial charge in [-0.25, -0.2) is 4.79 Å². The maximum Gasteiger partial charge on any atom is 0.317 e. The number of carbonyl (C=O) groups is 2. The zero-order chi connectivity index (χ0) is 15.7. The highest BCUT2D eigenvalue weighted by Gasteiger charge is 2.16. The van der Waals surface area contributed by atoms with Crippen LogP contribution in [-0.4, -0.2) is 46.3 Å². The van der Waals surface area contributed by atoms with Crippen LogP contribution in [0.4, 0.5) is 4.79 Å². The number of urea groups is 1. The number of aliphatic hydroxyl groups excluding tert-OH is 1. The molecular weight excluding hydrogens is 272 g/mol. The highest BCUT2D eigenvalue weighted by atomic mass is 16.4. The zero-order valence-electron chi connectivity index (χ0n) is 12.2. The Kier molecular flexibility index (Phi) is 7.25. The molecule has 116 valence electrons. The zero-order valence-corrected chi connectivity index (χ0v) is 12.2. The molecule has 0 fully saturated rings. The topological polar surface area (TPSA) is 89.9 Å². The molecule has 0 bridgehead atoms. The molecule has 21 heavy (non-hydrogen) atoms. The van der Waals surface area contributed by atoms with Crippen molar-refractivity contribution in [1.82, 2.24) is 10.2 Å². The molecule has 2 amide bonds. The van der Waals surface area contributed by atoms with Crippen LogP contribution in [-0.2, 0) is 11.3 Å². The van der Waals surface area contributed by atoms with Gasteiger partial charge in [0.2, 0.25) is 0 Å². The molecular formula is C15H22N2O4. The summed E-state index contributed by atoms with van der Waals surface area (Å²) in [5, 5.41) is 20.5. The standard InChI is InChI=1S/C15H22N2O4/c1-12(7-8-14(19)20)16-15(21)17(9-10-18)11-13-5-3-2-4-6-13/h2-6,12,18H,7-11H2,1H3,(H,16,21)(H,19,20). The van der Waals surface area contributed by atoms with Crippen molar-refractivity contribution in [2.24, 2.45) is 0 Å². The van der Waals surface area contributed by atoms with E-state index in [1.165, 1.54) is 4.90 Å². The third-order valence-corrected chi connectivity index (χ3v) is 3.03. The number of hydrogen-bond donors (Lipinski definition) is 3. The first kappa shape index (κ1) is 17.0. The van der Waals surface area contributed by atoms with E-state index in [0.717, 1.165) is 5.56 Å². The van der Waals surface area contributed by atoms with E-state index in [9.17, 15) is 9.59 Å². The maximum absolute atomic E-state index is 12.1. The lowest BCUT2D eigenvalue weighted by Crippen LogP contribution is -2.44. The van der Waals surface area contributed by atoms with Crippen LogP contribution in [0.1, 0.15) is 25.3 Å². The van der Waals surface area contributed by atoms with E-state index in [-0.39, 0.29) is 31.6 Å². The number of nitrogens with zero attached hydrogens (tertiary/aromatic N) is 1. The molecule has 1 aromatic rings. The lowest BCUT2D eigenvalue weighted by Gasteiger charge is -2.24. The number of rotatable bonds is 8. The maximum atomic E-state index is 12.1. The van der Waals surface area contributed by atoms with Crippen LogP contribution in [0.2, 0.25) is 0 Å². The van der Waals surface area contributed by atoms with Gasteiger partial charge in [-0.3, -0.25) is 4.79 Å². The molecule has 1 aromatic carbocycles. The summed E-state index contributed by atoms with van der Waals surface area (Å²) >= 11 is 0. The third kappa shape index (κ3) is 6.76. The number of nitrogens with one attached hydrogen (secondary N) is 1. The van der Waals surface area contributed by atoms with Crippen molar-refractivity contribution in [2.75, 3.05) is 13.2 Å². The highest BCUT2D eigenvalue weighted by molar-refractivity contribution is 5.74. The lowest BCUT2D eigenvalue weighted by atomic mass is 10.2. The second-order valence-electron chi connectivity index (χ2n) is 4.91. The monoisotopic (exact) mass is 294 g/mol. The number of carbonyl (C=O) groups excluding carboxylic acids is 1. The number of carboxylic acids is 1. The molecule has 0 aliphatic rings. The number of carboxylic acid groups (broad SMARTS) is 1. The van der Waals surface area contributed by atoms with Crippen molar-refractivity contribution in [2.45, 2.75) is 32.4 Å². The van der Waals surface area contributed by atoms with Crippen molar-refractivity contribution in [3.8, 4) is 0 Å². The van der Waals surface area contributed by atoms with E-state index in [0.29, 0.717) is 13.0 Å². The second kappa shape index (κ2) is 8.97. The largest absolute Gasteiger partial charge is 0.481 e. The van der Waals surface area contributed by atoms with Crippen LogP contribution in [0.25, 0.3) is 0 Å². The second-order valence-corrected chi connectivity index (χ2v) is 4.91. The molecule has 0 radical (unpaired) electrons. The summed E-state index contributed by atoms with van der Waals surface area (Å²) in [5.41, 5.74) is 0.972. The molecule has 0 aliphatic heterocycles. The summed E-state index contributed by atoms with van der Waals surface area (Å²) in [4.78, 5) is 24.2. The summed E-state index contributed by atoms with van der Waals surface area (Å²) in [7, 11) is 0. The van der Waals surface area contributed by atoms with Crippen LogP contribution < -0.4 is 5.32 Å². The minimum Gasteiger partial charge on any atom is -0.481 e. The van der Waals surface area contributed by atoms with Crippen molar-refractivity contribution in [1.29, 1.82) is 0 Å².